The van der Waals surface area contributed by atoms with E-state index >= 15 is 0 Å². The van der Waals surface area contributed by atoms with Gasteiger partial charge in [-0.15, -0.1) is 0 Å². The lowest BCUT2D eigenvalue weighted by atomic mass is 10.2. The highest BCUT2D eigenvalue weighted by Crippen LogP contribution is 2.13. The average molecular weight is 266 g/mol. The van der Waals surface area contributed by atoms with Gasteiger partial charge < -0.3 is 4.57 Å². The van der Waals surface area contributed by atoms with Crippen molar-refractivity contribution in [2.75, 3.05) is 0 Å². The summed E-state index contributed by atoms with van der Waals surface area (Å²) in [5.41, 5.74) is 0.208. The summed E-state index contributed by atoms with van der Waals surface area (Å²) in [5, 5.41) is 10.5. The highest BCUT2D eigenvalue weighted by Gasteiger charge is 2.07. The largest absolute Gasteiger partial charge is 0.307 e. The molecule has 0 saturated heterocycles. The van der Waals surface area contributed by atoms with Crippen LogP contribution in [0.1, 0.15) is 5.56 Å². The number of halogens is 1. The van der Waals surface area contributed by atoms with E-state index in [1.807, 2.05) is 0 Å². The standard InChI is InChI=1S/C11H8ClN3O3/c12-10-11(16)14(5-4-13-10)7-8-2-1-3-9(6-8)15(17)18/h1-6H,7H2. The SMILES string of the molecule is O=c1c(Cl)nccn1Cc1cccc([N+](=O)[O-])c1. The minimum absolute atomic E-state index is 0.0132. The number of aromatic nitrogens is 2. The van der Waals surface area contributed by atoms with Gasteiger partial charge in [-0.1, -0.05) is 23.7 Å². The Morgan fingerprint density at radius 3 is 2.94 bits per heavy atom. The number of non-ortho nitro benzene ring substituents is 1. The van der Waals surface area contributed by atoms with E-state index in [1.54, 1.807) is 12.1 Å². The van der Waals surface area contributed by atoms with Crippen LogP contribution in [0.2, 0.25) is 5.15 Å². The molecular weight excluding hydrogens is 258 g/mol. The lowest BCUT2D eigenvalue weighted by molar-refractivity contribution is -0.384. The smallest absolute Gasteiger partial charge is 0.288 e. The third-order valence-electron chi connectivity index (χ3n) is 2.35. The Hall–Kier alpha value is -2.21. The number of nitro groups is 1. The van der Waals surface area contributed by atoms with Crippen molar-refractivity contribution in [1.29, 1.82) is 0 Å². The zero-order valence-electron chi connectivity index (χ0n) is 9.12. The minimum Gasteiger partial charge on any atom is -0.307 e. The Labute approximate surface area is 107 Å². The summed E-state index contributed by atoms with van der Waals surface area (Å²) in [6.07, 6.45) is 2.88. The number of hydrogen-bond donors (Lipinski definition) is 0. The zero-order chi connectivity index (χ0) is 13.1. The van der Waals surface area contributed by atoms with Gasteiger partial charge in [0.2, 0.25) is 0 Å². The van der Waals surface area contributed by atoms with Crippen molar-refractivity contribution in [1.82, 2.24) is 9.55 Å². The van der Waals surface area contributed by atoms with Crippen LogP contribution in [0.3, 0.4) is 0 Å². The van der Waals surface area contributed by atoms with Crippen molar-refractivity contribution in [3.8, 4) is 0 Å². The number of benzene rings is 1. The molecule has 0 aliphatic rings. The second-order valence-electron chi connectivity index (χ2n) is 3.58. The van der Waals surface area contributed by atoms with Crippen molar-refractivity contribution in [2.24, 2.45) is 0 Å². The van der Waals surface area contributed by atoms with Crippen LogP contribution in [0.15, 0.2) is 41.5 Å². The predicted octanol–water partition coefficient (Wildman–Crippen LogP) is 1.85. The molecule has 92 valence electrons. The maximum Gasteiger partial charge on any atom is 0.288 e. The van der Waals surface area contributed by atoms with Gasteiger partial charge in [0.05, 0.1) is 11.5 Å². The zero-order valence-corrected chi connectivity index (χ0v) is 9.87. The van der Waals surface area contributed by atoms with E-state index in [0.29, 0.717) is 5.56 Å². The third kappa shape index (κ3) is 2.54. The van der Waals surface area contributed by atoms with Crippen molar-refractivity contribution < 1.29 is 4.92 Å². The molecule has 2 rings (SSSR count). The van der Waals surface area contributed by atoms with Gasteiger partial charge in [0.1, 0.15) is 0 Å². The van der Waals surface area contributed by atoms with Crippen molar-refractivity contribution >= 4 is 17.3 Å². The van der Waals surface area contributed by atoms with Crippen LogP contribution in [0, 0.1) is 10.1 Å². The number of rotatable bonds is 3. The van der Waals surface area contributed by atoms with E-state index in [-0.39, 0.29) is 17.4 Å². The summed E-state index contributed by atoms with van der Waals surface area (Å²) < 4.78 is 1.34. The van der Waals surface area contributed by atoms with E-state index in [4.69, 9.17) is 11.6 Å². The molecule has 1 aromatic heterocycles. The average Bonchev–Trinajstić information content (AvgIpc) is 2.35. The molecule has 18 heavy (non-hydrogen) atoms. The maximum absolute atomic E-state index is 11.6. The molecule has 0 aliphatic carbocycles. The maximum atomic E-state index is 11.6. The van der Waals surface area contributed by atoms with Gasteiger partial charge in [-0.25, -0.2) is 4.98 Å². The van der Waals surface area contributed by atoms with Gasteiger partial charge in [0, 0.05) is 24.5 Å². The van der Waals surface area contributed by atoms with Crippen LogP contribution in [0.5, 0.6) is 0 Å². The molecule has 0 N–H and O–H groups in total. The van der Waals surface area contributed by atoms with Gasteiger partial charge in [-0.05, 0) is 5.56 Å². The molecule has 0 saturated carbocycles. The van der Waals surface area contributed by atoms with Crippen molar-refractivity contribution in [2.45, 2.75) is 6.54 Å². The fraction of sp³-hybridized carbons (Fsp3) is 0.0909. The van der Waals surface area contributed by atoms with Crippen LogP contribution in [0.25, 0.3) is 0 Å². The fourth-order valence-corrected chi connectivity index (χ4v) is 1.68. The van der Waals surface area contributed by atoms with E-state index < -0.39 is 10.5 Å². The van der Waals surface area contributed by atoms with Crippen LogP contribution >= 0.6 is 11.6 Å². The lowest BCUT2D eigenvalue weighted by Gasteiger charge is -2.05. The summed E-state index contributed by atoms with van der Waals surface area (Å²) in [6, 6.07) is 6.08. The van der Waals surface area contributed by atoms with E-state index in [2.05, 4.69) is 4.98 Å². The molecule has 1 heterocycles. The number of nitrogens with zero attached hydrogens (tertiary/aromatic N) is 3. The quantitative estimate of drug-likeness (QED) is 0.627. The first-order valence-electron chi connectivity index (χ1n) is 5.02. The topological polar surface area (TPSA) is 78.0 Å². The van der Waals surface area contributed by atoms with Crippen LogP contribution < -0.4 is 5.56 Å². The molecule has 0 radical (unpaired) electrons. The van der Waals surface area contributed by atoms with Crippen LogP contribution in [-0.2, 0) is 6.54 Å². The number of nitro benzene ring substituents is 1. The lowest BCUT2D eigenvalue weighted by Crippen LogP contribution is -2.21. The van der Waals surface area contributed by atoms with Crippen molar-refractivity contribution in [3.05, 3.63) is 67.8 Å². The summed E-state index contributed by atoms with van der Waals surface area (Å²) in [4.78, 5) is 25.4. The molecule has 0 bridgehead atoms. The first kappa shape index (κ1) is 12.3. The summed E-state index contributed by atoms with van der Waals surface area (Å²) in [7, 11) is 0. The molecule has 0 amide bonds. The monoisotopic (exact) mass is 265 g/mol. The first-order chi connectivity index (χ1) is 8.58. The molecule has 7 heteroatoms. The minimum atomic E-state index is -0.480. The summed E-state index contributed by atoms with van der Waals surface area (Å²) >= 11 is 5.61. The third-order valence-corrected chi connectivity index (χ3v) is 2.61. The van der Waals surface area contributed by atoms with Gasteiger partial charge in [0.15, 0.2) is 5.15 Å². The van der Waals surface area contributed by atoms with Gasteiger partial charge in [-0.2, -0.15) is 0 Å². The Balaban J connectivity index is 2.34. The molecule has 0 fully saturated rings. The van der Waals surface area contributed by atoms with E-state index in [9.17, 15) is 14.9 Å². The summed E-state index contributed by atoms with van der Waals surface area (Å²) in [5.74, 6) is 0. The highest BCUT2D eigenvalue weighted by molar-refractivity contribution is 6.29. The molecule has 0 atom stereocenters. The molecule has 0 unspecified atom stereocenters. The van der Waals surface area contributed by atoms with Gasteiger partial charge >= 0.3 is 0 Å². The van der Waals surface area contributed by atoms with E-state index in [0.717, 1.165) is 0 Å². The molecule has 0 aliphatic heterocycles. The van der Waals surface area contributed by atoms with Crippen molar-refractivity contribution in [3.63, 3.8) is 0 Å². The second-order valence-corrected chi connectivity index (χ2v) is 3.94. The molecular formula is C11H8ClN3O3. The first-order valence-corrected chi connectivity index (χ1v) is 5.40. The molecule has 1 aromatic carbocycles. The Bertz CT molecular complexity index is 654. The predicted molar refractivity (Wildman–Crippen MR) is 65.7 cm³/mol. The number of hydrogen-bond acceptors (Lipinski definition) is 4. The van der Waals surface area contributed by atoms with Crippen LogP contribution in [-0.4, -0.2) is 14.5 Å². The molecule has 6 nitrogen and oxygen atoms in total. The second kappa shape index (κ2) is 4.97. The Morgan fingerprint density at radius 1 is 1.44 bits per heavy atom. The fourth-order valence-electron chi connectivity index (χ4n) is 1.51. The summed E-state index contributed by atoms with van der Waals surface area (Å²) in [6.45, 7) is 0.211. The normalized spacial score (nSPS) is 10.3. The molecule has 2 aromatic rings. The van der Waals surface area contributed by atoms with E-state index in [1.165, 1.54) is 29.1 Å². The Kier molecular flexibility index (Phi) is 3.38. The molecule has 0 spiro atoms. The van der Waals surface area contributed by atoms with Gasteiger partial charge in [-0.3, -0.25) is 14.9 Å². The Morgan fingerprint density at radius 2 is 2.22 bits per heavy atom. The van der Waals surface area contributed by atoms with Gasteiger partial charge in [0.25, 0.3) is 11.2 Å². The highest BCUT2D eigenvalue weighted by atomic mass is 35.5. The van der Waals surface area contributed by atoms with Crippen LogP contribution in [0.4, 0.5) is 5.69 Å².